The minimum absolute atomic E-state index is 0.0134. The van der Waals surface area contributed by atoms with Crippen LogP contribution < -0.4 is 15.4 Å². The summed E-state index contributed by atoms with van der Waals surface area (Å²) in [6.45, 7) is 7.65. The van der Waals surface area contributed by atoms with E-state index in [-0.39, 0.29) is 23.9 Å². The van der Waals surface area contributed by atoms with Gasteiger partial charge < -0.3 is 15.4 Å². The summed E-state index contributed by atoms with van der Waals surface area (Å²) in [5.74, 6) is 1.62. The summed E-state index contributed by atoms with van der Waals surface area (Å²) in [5.41, 5.74) is 1.03. The maximum absolute atomic E-state index is 12.5. The average Bonchev–Trinajstić information content (AvgIpc) is 3.16. The zero-order valence-electron chi connectivity index (χ0n) is 18.5. The molecular weight excluding hydrogens is 400 g/mol. The molecule has 0 saturated heterocycles. The molecular formula is C22H36N4O3S. The highest BCUT2D eigenvalue weighted by molar-refractivity contribution is 7.89. The largest absolute Gasteiger partial charge is 0.487 e. The van der Waals surface area contributed by atoms with Crippen LogP contribution in [0.3, 0.4) is 0 Å². The van der Waals surface area contributed by atoms with Crippen LogP contribution in [0.4, 0.5) is 0 Å². The van der Waals surface area contributed by atoms with Crippen molar-refractivity contribution in [1.29, 1.82) is 0 Å². The van der Waals surface area contributed by atoms with Crippen molar-refractivity contribution in [2.45, 2.75) is 64.5 Å². The lowest BCUT2D eigenvalue weighted by Gasteiger charge is -2.40. The highest BCUT2D eigenvalue weighted by atomic mass is 32.2. The third-order valence-electron chi connectivity index (χ3n) is 6.08. The van der Waals surface area contributed by atoms with Gasteiger partial charge in [0.1, 0.15) is 11.4 Å². The van der Waals surface area contributed by atoms with Gasteiger partial charge in [0.2, 0.25) is 10.0 Å². The first-order valence-corrected chi connectivity index (χ1v) is 12.8. The molecule has 1 aliphatic heterocycles. The quantitative estimate of drug-likeness (QED) is 0.483. The van der Waals surface area contributed by atoms with Crippen molar-refractivity contribution >= 4 is 16.0 Å². The van der Waals surface area contributed by atoms with Crippen LogP contribution in [0.15, 0.2) is 29.3 Å². The lowest BCUT2D eigenvalue weighted by molar-refractivity contribution is 0.0396. The molecule has 0 aromatic heterocycles. The Bertz CT molecular complexity index is 831. The highest BCUT2D eigenvalue weighted by Crippen LogP contribution is 2.46. The zero-order chi connectivity index (χ0) is 21.6. The van der Waals surface area contributed by atoms with Crippen molar-refractivity contribution in [2.75, 3.05) is 31.9 Å². The number of benzene rings is 1. The molecule has 1 spiro atoms. The van der Waals surface area contributed by atoms with Gasteiger partial charge in [-0.3, -0.25) is 4.99 Å². The maximum Gasteiger partial charge on any atom is 0.215 e. The summed E-state index contributed by atoms with van der Waals surface area (Å²) < 4.78 is 32.8. The van der Waals surface area contributed by atoms with E-state index in [0.717, 1.165) is 30.6 Å². The molecule has 1 aromatic rings. The van der Waals surface area contributed by atoms with Gasteiger partial charge in [-0.2, -0.15) is 0 Å². The smallest absolute Gasteiger partial charge is 0.215 e. The Morgan fingerprint density at radius 2 is 1.90 bits per heavy atom. The molecule has 1 fully saturated rings. The van der Waals surface area contributed by atoms with Gasteiger partial charge in [0, 0.05) is 31.6 Å². The van der Waals surface area contributed by atoms with E-state index in [2.05, 4.69) is 21.7 Å². The van der Waals surface area contributed by atoms with Crippen LogP contribution in [0.25, 0.3) is 0 Å². The van der Waals surface area contributed by atoms with E-state index in [1.54, 1.807) is 0 Å². The summed E-state index contributed by atoms with van der Waals surface area (Å²) in [4.78, 5) is 4.58. The number of hydrogen-bond acceptors (Lipinski definition) is 4. The molecule has 30 heavy (non-hydrogen) atoms. The SMILES string of the molecule is CCNC(=NCCS(=O)(=O)N(CC)CC)NC1CC2(CCCC2)Oc2ccccc21. The molecule has 2 aliphatic rings. The molecule has 1 aromatic carbocycles. The number of fused-ring (bicyclic) bond motifs is 1. The van der Waals surface area contributed by atoms with E-state index in [1.165, 1.54) is 17.1 Å². The summed E-state index contributed by atoms with van der Waals surface area (Å²) in [7, 11) is -3.28. The van der Waals surface area contributed by atoms with Crippen molar-refractivity contribution in [3.8, 4) is 5.75 Å². The average molecular weight is 437 g/mol. The predicted octanol–water partition coefficient (Wildman–Crippen LogP) is 3.05. The fraction of sp³-hybridized carbons (Fsp3) is 0.682. The van der Waals surface area contributed by atoms with Gasteiger partial charge in [0.25, 0.3) is 0 Å². The summed E-state index contributed by atoms with van der Waals surface area (Å²) in [6, 6.07) is 8.28. The first-order valence-electron chi connectivity index (χ1n) is 11.2. The lowest BCUT2D eigenvalue weighted by atomic mass is 9.86. The second kappa shape index (κ2) is 10.0. The van der Waals surface area contributed by atoms with Crippen LogP contribution in [0.2, 0.25) is 0 Å². The fourth-order valence-corrected chi connectivity index (χ4v) is 5.94. The number of para-hydroxylation sites is 1. The van der Waals surface area contributed by atoms with Crippen LogP contribution >= 0.6 is 0 Å². The Morgan fingerprint density at radius 3 is 2.57 bits per heavy atom. The van der Waals surface area contributed by atoms with Crippen LogP contribution in [0.5, 0.6) is 5.75 Å². The Balaban J connectivity index is 1.74. The van der Waals surface area contributed by atoms with Gasteiger partial charge >= 0.3 is 0 Å². The Kier molecular flexibility index (Phi) is 7.63. The second-order valence-electron chi connectivity index (χ2n) is 8.09. The van der Waals surface area contributed by atoms with Crippen molar-refractivity contribution in [2.24, 2.45) is 4.99 Å². The Labute approximate surface area is 181 Å². The van der Waals surface area contributed by atoms with Gasteiger partial charge in [-0.25, -0.2) is 12.7 Å². The predicted molar refractivity (Wildman–Crippen MR) is 121 cm³/mol. The number of nitrogens with one attached hydrogen (secondary N) is 2. The van der Waals surface area contributed by atoms with Crippen LogP contribution in [0, 0.1) is 0 Å². The van der Waals surface area contributed by atoms with E-state index < -0.39 is 10.0 Å². The first-order chi connectivity index (χ1) is 14.4. The van der Waals surface area contributed by atoms with Crippen molar-refractivity contribution in [3.05, 3.63) is 29.8 Å². The molecule has 3 rings (SSSR count). The number of rotatable bonds is 8. The number of nitrogens with zero attached hydrogens (tertiary/aromatic N) is 2. The maximum atomic E-state index is 12.5. The highest BCUT2D eigenvalue weighted by Gasteiger charge is 2.43. The minimum Gasteiger partial charge on any atom is -0.487 e. The van der Waals surface area contributed by atoms with Gasteiger partial charge in [-0.1, -0.05) is 32.0 Å². The molecule has 1 unspecified atom stereocenters. The van der Waals surface area contributed by atoms with E-state index in [1.807, 2.05) is 39.0 Å². The first kappa shape index (κ1) is 22.9. The van der Waals surface area contributed by atoms with Gasteiger partial charge in [0.05, 0.1) is 18.3 Å². The molecule has 0 amide bonds. The summed E-state index contributed by atoms with van der Waals surface area (Å²) in [5, 5.41) is 6.83. The van der Waals surface area contributed by atoms with E-state index in [9.17, 15) is 8.42 Å². The molecule has 1 heterocycles. The molecule has 8 heteroatoms. The van der Waals surface area contributed by atoms with Crippen molar-refractivity contribution in [3.63, 3.8) is 0 Å². The monoisotopic (exact) mass is 436 g/mol. The third kappa shape index (κ3) is 5.27. The third-order valence-corrected chi connectivity index (χ3v) is 8.09. The molecule has 1 atom stereocenters. The molecule has 0 bridgehead atoms. The molecule has 2 N–H and O–H groups in total. The number of sulfonamides is 1. The van der Waals surface area contributed by atoms with Crippen LogP contribution in [0.1, 0.15) is 64.5 Å². The Hall–Kier alpha value is -1.80. The summed E-state index contributed by atoms with van der Waals surface area (Å²) >= 11 is 0. The van der Waals surface area contributed by atoms with E-state index in [0.29, 0.717) is 25.6 Å². The number of hydrogen-bond donors (Lipinski definition) is 2. The van der Waals surface area contributed by atoms with Crippen molar-refractivity contribution in [1.82, 2.24) is 14.9 Å². The number of aliphatic imine (C=N–C) groups is 1. The molecule has 1 aliphatic carbocycles. The molecule has 7 nitrogen and oxygen atoms in total. The van der Waals surface area contributed by atoms with Crippen LogP contribution in [-0.4, -0.2) is 56.2 Å². The van der Waals surface area contributed by atoms with E-state index >= 15 is 0 Å². The van der Waals surface area contributed by atoms with Crippen LogP contribution in [-0.2, 0) is 10.0 Å². The number of ether oxygens (including phenoxy) is 1. The minimum atomic E-state index is -3.28. The Morgan fingerprint density at radius 1 is 1.20 bits per heavy atom. The fourth-order valence-electron chi connectivity index (χ4n) is 4.58. The lowest BCUT2D eigenvalue weighted by Crippen LogP contribution is -2.46. The van der Waals surface area contributed by atoms with Gasteiger partial charge in [-0.15, -0.1) is 0 Å². The normalized spacial score (nSPS) is 20.8. The van der Waals surface area contributed by atoms with E-state index in [4.69, 9.17) is 4.74 Å². The zero-order valence-corrected chi connectivity index (χ0v) is 19.3. The standard InChI is InChI=1S/C22H36N4O3S/c1-4-23-21(24-15-16-30(27,28)26(5-2)6-3)25-19-17-22(13-9-10-14-22)29-20-12-8-7-11-18(19)20/h7-8,11-12,19H,4-6,9-10,13-17H2,1-3H3,(H2,23,24,25). The topological polar surface area (TPSA) is 83.0 Å². The van der Waals surface area contributed by atoms with Gasteiger partial charge in [-0.05, 0) is 38.7 Å². The molecule has 1 saturated carbocycles. The van der Waals surface area contributed by atoms with Gasteiger partial charge in [0.15, 0.2) is 5.96 Å². The van der Waals surface area contributed by atoms with Crippen molar-refractivity contribution < 1.29 is 13.2 Å². The molecule has 168 valence electrons. The molecule has 0 radical (unpaired) electrons. The number of guanidine groups is 1. The second-order valence-corrected chi connectivity index (χ2v) is 10.2. The summed E-state index contributed by atoms with van der Waals surface area (Å²) in [6.07, 6.45) is 5.45.